The van der Waals surface area contributed by atoms with Gasteiger partial charge >= 0.3 is 5.97 Å². The van der Waals surface area contributed by atoms with Crippen LogP contribution < -0.4 is 0 Å². The molecule has 102 valence electrons. The van der Waals surface area contributed by atoms with Gasteiger partial charge < -0.3 is 9.84 Å². The van der Waals surface area contributed by atoms with E-state index in [-0.39, 0.29) is 30.0 Å². The number of ether oxygens (including phenoxy) is 1. The van der Waals surface area contributed by atoms with E-state index < -0.39 is 0 Å². The van der Waals surface area contributed by atoms with Crippen molar-refractivity contribution in [2.24, 2.45) is 17.8 Å². The van der Waals surface area contributed by atoms with Gasteiger partial charge in [-0.05, 0) is 38.5 Å². The normalized spacial score (nSPS) is 44.8. The van der Waals surface area contributed by atoms with Crippen LogP contribution in [0.4, 0.5) is 0 Å². The number of hydrogen-bond donors (Lipinski definition) is 1. The van der Waals surface area contributed by atoms with Gasteiger partial charge in [-0.25, -0.2) is 0 Å². The van der Waals surface area contributed by atoms with Gasteiger partial charge in [0.1, 0.15) is 6.10 Å². The van der Waals surface area contributed by atoms with Crippen molar-refractivity contribution in [2.45, 2.75) is 58.7 Å². The first-order chi connectivity index (χ1) is 8.49. The van der Waals surface area contributed by atoms with E-state index in [0.717, 1.165) is 19.3 Å². The van der Waals surface area contributed by atoms with Crippen molar-refractivity contribution in [1.82, 2.24) is 0 Å². The number of esters is 1. The van der Waals surface area contributed by atoms with Crippen molar-refractivity contribution >= 4 is 5.97 Å². The molecule has 0 spiro atoms. The van der Waals surface area contributed by atoms with Gasteiger partial charge in [0.2, 0.25) is 0 Å². The summed E-state index contributed by atoms with van der Waals surface area (Å²) in [7, 11) is 0. The molecule has 0 radical (unpaired) electrons. The van der Waals surface area contributed by atoms with Crippen molar-refractivity contribution in [3.05, 3.63) is 11.6 Å². The van der Waals surface area contributed by atoms with E-state index in [4.69, 9.17) is 4.74 Å². The SMILES string of the molecule is C/C1=C\C[C@H](O)[C@@H](C)C[C@H]2OC(=O)[C@@H](C)[C@@H]2CC1. The van der Waals surface area contributed by atoms with Crippen LogP contribution in [0.2, 0.25) is 0 Å². The molecule has 1 N–H and O–H groups in total. The maximum Gasteiger partial charge on any atom is 0.309 e. The Morgan fingerprint density at radius 3 is 2.83 bits per heavy atom. The quantitative estimate of drug-likeness (QED) is 0.532. The van der Waals surface area contributed by atoms with E-state index >= 15 is 0 Å². The molecule has 0 amide bonds. The standard InChI is InChI=1S/C15H24O3/c1-9-4-6-12-11(3)15(17)18-14(12)8-10(2)13(16)7-5-9/h5,10-14,16H,4,6-8H2,1-3H3/b9-5+/t10-,11-,12-,13-,14+/m0/s1. The molecule has 0 aromatic carbocycles. The molecule has 3 nitrogen and oxygen atoms in total. The minimum Gasteiger partial charge on any atom is -0.462 e. The maximum absolute atomic E-state index is 11.7. The summed E-state index contributed by atoms with van der Waals surface area (Å²) in [5, 5.41) is 10.1. The van der Waals surface area contributed by atoms with Crippen LogP contribution in [0.5, 0.6) is 0 Å². The number of allylic oxidation sites excluding steroid dienone is 1. The van der Waals surface area contributed by atoms with Crippen LogP contribution in [0.15, 0.2) is 11.6 Å². The second-order valence-corrected chi connectivity index (χ2v) is 6.03. The Hall–Kier alpha value is -0.830. The number of aliphatic hydroxyl groups is 1. The second kappa shape index (κ2) is 5.43. The molecule has 1 aliphatic heterocycles. The van der Waals surface area contributed by atoms with Gasteiger partial charge in [0, 0.05) is 5.92 Å². The summed E-state index contributed by atoms with van der Waals surface area (Å²) in [6, 6.07) is 0. The summed E-state index contributed by atoms with van der Waals surface area (Å²) in [5.74, 6) is 0.436. The molecule has 3 heteroatoms. The van der Waals surface area contributed by atoms with Crippen LogP contribution in [-0.4, -0.2) is 23.3 Å². The third-order valence-electron chi connectivity index (χ3n) is 4.60. The highest BCUT2D eigenvalue weighted by Crippen LogP contribution is 2.37. The summed E-state index contributed by atoms with van der Waals surface area (Å²) < 4.78 is 5.49. The maximum atomic E-state index is 11.7. The second-order valence-electron chi connectivity index (χ2n) is 6.03. The van der Waals surface area contributed by atoms with Crippen molar-refractivity contribution in [3.8, 4) is 0 Å². The van der Waals surface area contributed by atoms with Gasteiger partial charge in [0.15, 0.2) is 0 Å². The Balaban J connectivity index is 2.17. The molecule has 0 unspecified atom stereocenters. The zero-order chi connectivity index (χ0) is 13.3. The van der Waals surface area contributed by atoms with Crippen LogP contribution in [0.25, 0.3) is 0 Å². The molecule has 1 heterocycles. The smallest absolute Gasteiger partial charge is 0.309 e. The van der Waals surface area contributed by atoms with Gasteiger partial charge in [0.25, 0.3) is 0 Å². The monoisotopic (exact) mass is 252 g/mol. The lowest BCUT2D eigenvalue weighted by molar-refractivity contribution is -0.144. The van der Waals surface area contributed by atoms with Crippen molar-refractivity contribution in [3.63, 3.8) is 0 Å². The van der Waals surface area contributed by atoms with Crippen molar-refractivity contribution < 1.29 is 14.6 Å². The topological polar surface area (TPSA) is 46.5 Å². The van der Waals surface area contributed by atoms with Crippen LogP contribution in [0.3, 0.4) is 0 Å². The molecule has 18 heavy (non-hydrogen) atoms. The Labute approximate surface area is 109 Å². The fourth-order valence-corrected chi connectivity index (χ4v) is 3.07. The van der Waals surface area contributed by atoms with Crippen LogP contribution in [-0.2, 0) is 9.53 Å². The molecular formula is C15H24O3. The zero-order valence-electron chi connectivity index (χ0n) is 11.6. The van der Waals surface area contributed by atoms with Gasteiger partial charge in [-0.3, -0.25) is 4.79 Å². The third kappa shape index (κ3) is 2.77. The highest BCUT2D eigenvalue weighted by molar-refractivity contribution is 5.74. The van der Waals surface area contributed by atoms with E-state index in [1.165, 1.54) is 5.57 Å². The molecular weight excluding hydrogens is 228 g/mol. The summed E-state index contributed by atoms with van der Waals surface area (Å²) in [6.07, 6.45) is 5.34. The highest BCUT2D eigenvalue weighted by Gasteiger charge is 2.42. The molecule has 0 bridgehead atoms. The minimum atomic E-state index is -0.326. The van der Waals surface area contributed by atoms with Crippen LogP contribution in [0.1, 0.15) is 46.5 Å². The number of hydrogen-bond acceptors (Lipinski definition) is 3. The van der Waals surface area contributed by atoms with E-state index in [9.17, 15) is 9.90 Å². The van der Waals surface area contributed by atoms with Crippen LogP contribution in [0, 0.1) is 17.8 Å². The molecule has 0 aromatic heterocycles. The van der Waals surface area contributed by atoms with Crippen LogP contribution >= 0.6 is 0 Å². The summed E-state index contributed by atoms with van der Waals surface area (Å²) >= 11 is 0. The molecule has 1 fully saturated rings. The molecule has 5 atom stereocenters. The summed E-state index contributed by atoms with van der Waals surface area (Å²) in [5.41, 5.74) is 1.31. The van der Waals surface area contributed by atoms with E-state index in [1.807, 2.05) is 13.8 Å². The average Bonchev–Trinajstić information content (AvgIpc) is 2.59. The first kappa shape index (κ1) is 13.6. The largest absolute Gasteiger partial charge is 0.462 e. The third-order valence-corrected chi connectivity index (χ3v) is 4.60. The lowest BCUT2D eigenvalue weighted by Crippen LogP contribution is -2.27. The summed E-state index contributed by atoms with van der Waals surface area (Å²) in [4.78, 5) is 11.7. The Kier molecular flexibility index (Phi) is 4.10. The van der Waals surface area contributed by atoms with E-state index in [2.05, 4.69) is 13.0 Å². The molecule has 1 aliphatic carbocycles. The zero-order valence-corrected chi connectivity index (χ0v) is 11.6. The lowest BCUT2D eigenvalue weighted by atomic mass is 9.81. The first-order valence-corrected chi connectivity index (χ1v) is 7.03. The fraction of sp³-hybridized carbons (Fsp3) is 0.800. The first-order valence-electron chi connectivity index (χ1n) is 7.03. The number of fused-ring (bicyclic) bond motifs is 1. The van der Waals surface area contributed by atoms with Crippen molar-refractivity contribution in [1.29, 1.82) is 0 Å². The van der Waals surface area contributed by atoms with E-state index in [0.29, 0.717) is 12.3 Å². The van der Waals surface area contributed by atoms with Crippen molar-refractivity contribution in [2.75, 3.05) is 0 Å². The van der Waals surface area contributed by atoms with Gasteiger partial charge in [-0.1, -0.05) is 25.5 Å². The molecule has 2 rings (SSSR count). The Bertz CT molecular complexity index is 348. The predicted molar refractivity (Wildman–Crippen MR) is 69.9 cm³/mol. The van der Waals surface area contributed by atoms with Gasteiger partial charge in [-0.15, -0.1) is 0 Å². The lowest BCUT2D eigenvalue weighted by Gasteiger charge is -2.26. The Morgan fingerprint density at radius 2 is 2.11 bits per heavy atom. The predicted octanol–water partition coefficient (Wildman–Crippen LogP) is 2.68. The Morgan fingerprint density at radius 1 is 1.39 bits per heavy atom. The molecule has 2 aliphatic rings. The van der Waals surface area contributed by atoms with E-state index in [1.54, 1.807) is 0 Å². The molecule has 0 saturated carbocycles. The number of aliphatic hydroxyl groups excluding tert-OH is 1. The fourth-order valence-electron chi connectivity index (χ4n) is 3.07. The number of carbonyl (C=O) groups is 1. The van der Waals surface area contributed by atoms with Gasteiger partial charge in [0.05, 0.1) is 12.0 Å². The average molecular weight is 252 g/mol. The summed E-state index contributed by atoms with van der Waals surface area (Å²) in [6.45, 7) is 6.12. The number of rotatable bonds is 0. The highest BCUT2D eigenvalue weighted by atomic mass is 16.6. The number of carbonyl (C=O) groups excluding carboxylic acids is 1. The molecule has 0 aromatic rings. The van der Waals surface area contributed by atoms with Gasteiger partial charge in [-0.2, -0.15) is 0 Å². The minimum absolute atomic E-state index is 0.00282. The molecule has 1 saturated heterocycles.